The lowest BCUT2D eigenvalue weighted by atomic mass is 10.2. The third-order valence-electron chi connectivity index (χ3n) is 3.64. The normalized spacial score (nSPS) is 10.9. The van der Waals surface area contributed by atoms with Crippen LogP contribution in [0.25, 0.3) is 11.5 Å². The summed E-state index contributed by atoms with van der Waals surface area (Å²) in [6, 6.07) is 11.3. The maximum absolute atomic E-state index is 6.22. The molecule has 2 aromatic heterocycles. The van der Waals surface area contributed by atoms with Gasteiger partial charge in [0, 0.05) is 6.54 Å². The van der Waals surface area contributed by atoms with Crippen molar-refractivity contribution >= 4 is 11.6 Å². The lowest BCUT2D eigenvalue weighted by Crippen LogP contribution is -2.23. The zero-order valence-electron chi connectivity index (χ0n) is 13.3. The van der Waals surface area contributed by atoms with Gasteiger partial charge in [-0.3, -0.25) is 4.90 Å². The minimum Gasteiger partial charge on any atom is -0.468 e. The molecule has 5 heteroatoms. The van der Waals surface area contributed by atoms with Crippen LogP contribution in [-0.2, 0) is 13.1 Å². The Morgan fingerprint density at radius 2 is 2.04 bits per heavy atom. The zero-order chi connectivity index (χ0) is 16.9. The van der Waals surface area contributed by atoms with Crippen LogP contribution < -0.4 is 0 Å². The number of benzene rings is 1. The quantitative estimate of drug-likeness (QED) is 0.618. The first kappa shape index (κ1) is 16.4. The second-order valence-corrected chi connectivity index (χ2v) is 5.84. The van der Waals surface area contributed by atoms with E-state index >= 15 is 0 Å². The molecule has 0 N–H and O–H groups in total. The number of furan rings is 1. The first-order chi connectivity index (χ1) is 11.7. The highest BCUT2D eigenvalue weighted by Gasteiger charge is 2.17. The Labute approximate surface area is 146 Å². The fourth-order valence-corrected chi connectivity index (χ4v) is 2.67. The van der Waals surface area contributed by atoms with Crippen LogP contribution in [0.4, 0.5) is 0 Å². The van der Waals surface area contributed by atoms with Gasteiger partial charge in [-0.15, -0.1) is 6.42 Å². The summed E-state index contributed by atoms with van der Waals surface area (Å²) in [6.07, 6.45) is 7.14. The van der Waals surface area contributed by atoms with E-state index in [1.807, 2.05) is 43.3 Å². The molecule has 1 aromatic carbocycles. The largest absolute Gasteiger partial charge is 0.468 e. The van der Waals surface area contributed by atoms with Crippen molar-refractivity contribution in [1.82, 2.24) is 9.88 Å². The summed E-state index contributed by atoms with van der Waals surface area (Å²) < 4.78 is 11.2. The molecule has 24 heavy (non-hydrogen) atoms. The van der Waals surface area contributed by atoms with Crippen molar-refractivity contribution in [2.24, 2.45) is 0 Å². The van der Waals surface area contributed by atoms with Crippen molar-refractivity contribution in [2.75, 3.05) is 6.54 Å². The Kier molecular flexibility index (Phi) is 5.05. The minimum atomic E-state index is 0.494. The van der Waals surface area contributed by atoms with Crippen molar-refractivity contribution in [3.05, 3.63) is 64.9 Å². The van der Waals surface area contributed by atoms with Gasteiger partial charge in [-0.05, 0) is 31.2 Å². The first-order valence-corrected chi connectivity index (χ1v) is 7.94. The highest BCUT2D eigenvalue weighted by Crippen LogP contribution is 2.28. The monoisotopic (exact) mass is 340 g/mol. The summed E-state index contributed by atoms with van der Waals surface area (Å²) in [5.74, 6) is 4.81. The van der Waals surface area contributed by atoms with Gasteiger partial charge in [0.15, 0.2) is 0 Å². The molecule has 0 aliphatic heterocycles. The molecule has 4 nitrogen and oxygen atoms in total. The summed E-state index contributed by atoms with van der Waals surface area (Å²) in [5, 5.41) is 0.612. The van der Waals surface area contributed by atoms with Crippen LogP contribution in [0.15, 0.2) is 51.5 Å². The smallest absolute Gasteiger partial charge is 0.228 e. The van der Waals surface area contributed by atoms with Crippen LogP contribution in [0.5, 0.6) is 0 Å². The van der Waals surface area contributed by atoms with E-state index in [9.17, 15) is 0 Å². The Morgan fingerprint density at radius 1 is 1.21 bits per heavy atom. The topological polar surface area (TPSA) is 42.4 Å². The SMILES string of the molecule is C#CCN(Cc1ccco1)Cc1nc(-c2ccccc2Cl)oc1C. The second-order valence-electron chi connectivity index (χ2n) is 5.43. The van der Waals surface area contributed by atoms with Crippen molar-refractivity contribution in [3.8, 4) is 23.8 Å². The fourth-order valence-electron chi connectivity index (χ4n) is 2.46. The van der Waals surface area contributed by atoms with Gasteiger partial charge < -0.3 is 8.83 Å². The lowest BCUT2D eigenvalue weighted by Gasteiger charge is -2.17. The molecule has 0 unspecified atom stereocenters. The summed E-state index contributed by atoms with van der Waals surface area (Å²) in [6.45, 7) is 3.58. The highest BCUT2D eigenvalue weighted by atomic mass is 35.5. The zero-order valence-corrected chi connectivity index (χ0v) is 14.1. The molecule has 0 spiro atoms. The van der Waals surface area contributed by atoms with Gasteiger partial charge in [0.2, 0.25) is 5.89 Å². The van der Waals surface area contributed by atoms with E-state index < -0.39 is 0 Å². The van der Waals surface area contributed by atoms with Gasteiger partial charge in [0.25, 0.3) is 0 Å². The molecular weight excluding hydrogens is 324 g/mol. The van der Waals surface area contributed by atoms with Gasteiger partial charge in [0.1, 0.15) is 11.5 Å². The summed E-state index contributed by atoms with van der Waals surface area (Å²) in [7, 11) is 0. The highest BCUT2D eigenvalue weighted by molar-refractivity contribution is 6.33. The Balaban J connectivity index is 1.81. The van der Waals surface area contributed by atoms with Crippen LogP contribution in [0.1, 0.15) is 17.2 Å². The second kappa shape index (κ2) is 7.39. The van der Waals surface area contributed by atoms with E-state index in [2.05, 4.69) is 15.8 Å². The maximum atomic E-state index is 6.22. The molecule has 0 fully saturated rings. The standard InChI is InChI=1S/C19H17ClN2O2/c1-3-10-22(12-15-7-6-11-23-15)13-18-14(2)24-19(21-18)16-8-4-5-9-17(16)20/h1,4-9,11H,10,12-13H2,2H3. The van der Waals surface area contributed by atoms with E-state index in [-0.39, 0.29) is 0 Å². The number of nitrogens with zero attached hydrogens (tertiary/aromatic N) is 2. The summed E-state index contributed by atoms with van der Waals surface area (Å²) in [4.78, 5) is 6.67. The molecule has 0 bridgehead atoms. The Morgan fingerprint density at radius 3 is 2.75 bits per heavy atom. The van der Waals surface area contributed by atoms with Gasteiger partial charge in [0.05, 0.1) is 35.6 Å². The van der Waals surface area contributed by atoms with Gasteiger partial charge in [-0.2, -0.15) is 0 Å². The van der Waals surface area contributed by atoms with Crippen LogP contribution >= 0.6 is 11.6 Å². The maximum Gasteiger partial charge on any atom is 0.228 e. The van der Waals surface area contributed by atoms with Gasteiger partial charge in [-0.25, -0.2) is 4.98 Å². The van der Waals surface area contributed by atoms with Crippen LogP contribution in [0.2, 0.25) is 5.02 Å². The predicted molar refractivity (Wildman–Crippen MR) is 93.3 cm³/mol. The molecule has 0 saturated heterocycles. The molecule has 0 radical (unpaired) electrons. The number of halogens is 1. The number of hydrogen-bond donors (Lipinski definition) is 0. The predicted octanol–water partition coefficient (Wildman–Crippen LogP) is 4.53. The molecule has 0 saturated carbocycles. The third-order valence-corrected chi connectivity index (χ3v) is 3.97. The molecule has 0 aliphatic carbocycles. The van der Waals surface area contributed by atoms with Gasteiger partial charge in [-0.1, -0.05) is 29.7 Å². The molecular formula is C19H17ClN2O2. The number of hydrogen-bond acceptors (Lipinski definition) is 4. The van der Waals surface area contributed by atoms with Crippen molar-refractivity contribution in [1.29, 1.82) is 0 Å². The average molecular weight is 341 g/mol. The third kappa shape index (κ3) is 3.70. The van der Waals surface area contributed by atoms with E-state index in [4.69, 9.17) is 26.9 Å². The van der Waals surface area contributed by atoms with Crippen LogP contribution in [0.3, 0.4) is 0 Å². The Hall–Kier alpha value is -2.48. The van der Waals surface area contributed by atoms with Crippen LogP contribution in [0, 0.1) is 19.3 Å². The van der Waals surface area contributed by atoms with Gasteiger partial charge >= 0.3 is 0 Å². The van der Waals surface area contributed by atoms with Crippen LogP contribution in [-0.4, -0.2) is 16.4 Å². The molecule has 122 valence electrons. The minimum absolute atomic E-state index is 0.494. The molecule has 0 aliphatic rings. The molecule has 0 amide bonds. The average Bonchev–Trinajstić information content (AvgIpc) is 3.19. The molecule has 2 heterocycles. The number of aromatic nitrogens is 1. The summed E-state index contributed by atoms with van der Waals surface area (Å²) in [5.41, 5.74) is 1.62. The van der Waals surface area contributed by atoms with Crippen molar-refractivity contribution in [3.63, 3.8) is 0 Å². The molecule has 3 aromatic rings. The number of rotatable bonds is 6. The fraction of sp³-hybridized carbons (Fsp3) is 0.211. The van der Waals surface area contributed by atoms with E-state index in [0.717, 1.165) is 22.8 Å². The number of aryl methyl sites for hydroxylation is 1. The summed E-state index contributed by atoms with van der Waals surface area (Å²) >= 11 is 6.22. The lowest BCUT2D eigenvalue weighted by molar-refractivity contribution is 0.260. The van der Waals surface area contributed by atoms with Crippen molar-refractivity contribution < 1.29 is 8.83 Å². The first-order valence-electron chi connectivity index (χ1n) is 7.56. The number of terminal acetylenes is 1. The van der Waals surface area contributed by atoms with E-state index in [1.165, 1.54) is 0 Å². The molecule has 3 rings (SSSR count). The van der Waals surface area contributed by atoms with Crippen molar-refractivity contribution in [2.45, 2.75) is 20.0 Å². The molecule has 0 atom stereocenters. The van der Waals surface area contributed by atoms with E-state index in [1.54, 1.807) is 6.26 Å². The number of oxazole rings is 1. The Bertz CT molecular complexity index is 847. The van der Waals surface area contributed by atoms with E-state index in [0.29, 0.717) is 30.5 Å².